The lowest BCUT2D eigenvalue weighted by Crippen LogP contribution is -2.57. The van der Waals surface area contributed by atoms with Crippen LogP contribution in [-0.2, 0) is 4.74 Å². The summed E-state index contributed by atoms with van der Waals surface area (Å²) in [5.41, 5.74) is 2.93. The largest absolute Gasteiger partial charge is 0.374 e. The lowest BCUT2D eigenvalue weighted by Gasteiger charge is -2.43. The van der Waals surface area contributed by atoms with Crippen LogP contribution in [0.15, 0.2) is 0 Å². The Morgan fingerprint density at radius 2 is 2.06 bits per heavy atom. The molecular weight excluding hydrogens is 224 g/mol. The van der Waals surface area contributed by atoms with E-state index in [0.717, 1.165) is 18.9 Å². The van der Waals surface area contributed by atoms with Gasteiger partial charge in [-0.3, -0.25) is 11.3 Å². The van der Waals surface area contributed by atoms with E-state index in [4.69, 9.17) is 10.6 Å². The molecule has 0 spiro atoms. The third-order valence-corrected chi connectivity index (χ3v) is 4.89. The van der Waals surface area contributed by atoms with Crippen LogP contribution < -0.4 is 11.3 Å². The van der Waals surface area contributed by atoms with Gasteiger partial charge in [0, 0.05) is 6.61 Å². The summed E-state index contributed by atoms with van der Waals surface area (Å²) in [6.07, 6.45) is 7.62. The molecule has 1 fully saturated rings. The molecule has 18 heavy (non-hydrogen) atoms. The molecule has 1 saturated carbocycles. The first-order valence-electron chi connectivity index (χ1n) is 7.71. The van der Waals surface area contributed by atoms with Gasteiger partial charge in [0.15, 0.2) is 0 Å². The highest BCUT2D eigenvalue weighted by molar-refractivity contribution is 4.94. The summed E-state index contributed by atoms with van der Waals surface area (Å²) in [6.45, 7) is 9.53. The van der Waals surface area contributed by atoms with Gasteiger partial charge in [-0.15, -0.1) is 0 Å². The molecule has 0 radical (unpaired) electrons. The van der Waals surface area contributed by atoms with Gasteiger partial charge in [-0.1, -0.05) is 33.1 Å². The molecule has 1 rings (SSSR count). The molecule has 4 atom stereocenters. The first-order chi connectivity index (χ1) is 8.61. The van der Waals surface area contributed by atoms with Gasteiger partial charge in [-0.05, 0) is 44.9 Å². The molecule has 3 nitrogen and oxygen atoms in total. The molecule has 0 aromatic rings. The normalized spacial score (nSPS) is 29.8. The fourth-order valence-electron chi connectivity index (χ4n) is 3.56. The molecule has 0 aromatic carbocycles. The van der Waals surface area contributed by atoms with Gasteiger partial charge < -0.3 is 4.74 Å². The summed E-state index contributed by atoms with van der Waals surface area (Å²) in [5, 5.41) is 0. The van der Waals surface area contributed by atoms with E-state index in [9.17, 15) is 0 Å². The van der Waals surface area contributed by atoms with Crippen molar-refractivity contribution < 1.29 is 4.74 Å². The fraction of sp³-hybridized carbons (Fsp3) is 1.00. The van der Waals surface area contributed by atoms with Crippen molar-refractivity contribution in [3.05, 3.63) is 0 Å². The zero-order valence-electron chi connectivity index (χ0n) is 12.7. The van der Waals surface area contributed by atoms with E-state index >= 15 is 0 Å². The third-order valence-electron chi connectivity index (χ3n) is 4.89. The van der Waals surface area contributed by atoms with E-state index in [-0.39, 0.29) is 11.6 Å². The molecule has 0 heterocycles. The van der Waals surface area contributed by atoms with Gasteiger partial charge in [0.1, 0.15) is 0 Å². The van der Waals surface area contributed by atoms with Gasteiger partial charge in [0.05, 0.1) is 11.6 Å². The van der Waals surface area contributed by atoms with Gasteiger partial charge in [-0.2, -0.15) is 0 Å². The number of rotatable bonds is 7. The van der Waals surface area contributed by atoms with E-state index in [1.807, 2.05) is 0 Å². The number of ether oxygens (including phenoxy) is 1. The van der Waals surface area contributed by atoms with Crippen LogP contribution in [0, 0.1) is 11.8 Å². The zero-order chi connectivity index (χ0) is 13.6. The number of hydrogen-bond acceptors (Lipinski definition) is 3. The summed E-state index contributed by atoms with van der Waals surface area (Å²) in [6, 6.07) is 0.275. The summed E-state index contributed by atoms with van der Waals surface area (Å²) < 4.78 is 6.01. The Labute approximate surface area is 113 Å². The minimum Gasteiger partial charge on any atom is -0.374 e. The second-order valence-electron chi connectivity index (χ2n) is 5.94. The SMILES string of the molecule is CCOC(C)(CC)C(NN)C1CCCC(CC)C1. The zero-order valence-corrected chi connectivity index (χ0v) is 12.7. The number of nitrogens with two attached hydrogens (primary N) is 1. The molecule has 4 unspecified atom stereocenters. The van der Waals surface area contributed by atoms with Gasteiger partial charge in [0.2, 0.25) is 0 Å². The van der Waals surface area contributed by atoms with Crippen molar-refractivity contribution in [2.45, 2.75) is 77.9 Å². The minimum absolute atomic E-state index is 0.135. The molecule has 0 amide bonds. The summed E-state index contributed by atoms with van der Waals surface area (Å²) in [5.74, 6) is 7.39. The Bertz CT molecular complexity index is 235. The van der Waals surface area contributed by atoms with Gasteiger partial charge >= 0.3 is 0 Å². The predicted octanol–water partition coefficient (Wildman–Crippen LogP) is 3.24. The number of nitrogens with one attached hydrogen (secondary N) is 1. The topological polar surface area (TPSA) is 47.3 Å². The molecule has 1 aliphatic rings. The lowest BCUT2D eigenvalue weighted by molar-refractivity contribution is -0.0754. The molecule has 3 N–H and O–H groups in total. The van der Waals surface area contributed by atoms with E-state index in [0.29, 0.717) is 5.92 Å². The van der Waals surface area contributed by atoms with Crippen LogP contribution in [0.2, 0.25) is 0 Å². The van der Waals surface area contributed by atoms with Crippen molar-refractivity contribution in [3.8, 4) is 0 Å². The second-order valence-corrected chi connectivity index (χ2v) is 5.94. The monoisotopic (exact) mass is 256 g/mol. The maximum Gasteiger partial charge on any atom is 0.0820 e. The van der Waals surface area contributed by atoms with Crippen molar-refractivity contribution in [1.29, 1.82) is 0 Å². The summed E-state index contributed by atoms with van der Waals surface area (Å²) >= 11 is 0. The van der Waals surface area contributed by atoms with Crippen LogP contribution in [0.25, 0.3) is 0 Å². The fourth-order valence-corrected chi connectivity index (χ4v) is 3.56. The van der Waals surface area contributed by atoms with E-state index < -0.39 is 0 Å². The Balaban J connectivity index is 2.74. The third kappa shape index (κ3) is 3.69. The standard InChI is InChI=1S/C15H32N2O/c1-5-12-9-8-10-13(11-12)14(17-16)15(4,6-2)18-7-3/h12-14,17H,5-11,16H2,1-4H3. The van der Waals surface area contributed by atoms with E-state index in [1.165, 1.54) is 32.1 Å². The van der Waals surface area contributed by atoms with E-state index in [2.05, 4.69) is 33.1 Å². The van der Waals surface area contributed by atoms with Crippen LogP contribution in [-0.4, -0.2) is 18.2 Å². The minimum atomic E-state index is -0.135. The van der Waals surface area contributed by atoms with Crippen molar-refractivity contribution in [2.24, 2.45) is 17.7 Å². The molecule has 1 aliphatic carbocycles. The maximum absolute atomic E-state index is 6.01. The van der Waals surface area contributed by atoms with Gasteiger partial charge in [0.25, 0.3) is 0 Å². The van der Waals surface area contributed by atoms with Crippen LogP contribution in [0.3, 0.4) is 0 Å². The molecule has 0 aliphatic heterocycles. The number of hydrazine groups is 1. The van der Waals surface area contributed by atoms with Crippen molar-refractivity contribution in [3.63, 3.8) is 0 Å². The van der Waals surface area contributed by atoms with Crippen molar-refractivity contribution in [2.75, 3.05) is 6.61 Å². The Kier molecular flexibility index (Phi) is 6.61. The molecule has 0 bridgehead atoms. The highest BCUT2D eigenvalue weighted by atomic mass is 16.5. The predicted molar refractivity (Wildman–Crippen MR) is 77.2 cm³/mol. The molecule has 0 aromatic heterocycles. The summed E-state index contributed by atoms with van der Waals surface area (Å²) in [4.78, 5) is 0. The smallest absolute Gasteiger partial charge is 0.0820 e. The quantitative estimate of drug-likeness (QED) is 0.543. The van der Waals surface area contributed by atoms with Crippen molar-refractivity contribution >= 4 is 0 Å². The summed E-state index contributed by atoms with van der Waals surface area (Å²) in [7, 11) is 0. The van der Waals surface area contributed by atoms with Crippen LogP contribution in [0.1, 0.15) is 66.2 Å². The highest BCUT2D eigenvalue weighted by Gasteiger charge is 2.39. The van der Waals surface area contributed by atoms with Crippen LogP contribution in [0.4, 0.5) is 0 Å². The Hall–Kier alpha value is -0.120. The lowest BCUT2D eigenvalue weighted by atomic mass is 9.72. The van der Waals surface area contributed by atoms with Crippen LogP contribution >= 0.6 is 0 Å². The average molecular weight is 256 g/mol. The van der Waals surface area contributed by atoms with Crippen molar-refractivity contribution in [1.82, 2.24) is 5.43 Å². The molecule has 0 saturated heterocycles. The van der Waals surface area contributed by atoms with E-state index in [1.54, 1.807) is 0 Å². The second kappa shape index (κ2) is 7.46. The van der Waals surface area contributed by atoms with Gasteiger partial charge in [-0.25, -0.2) is 0 Å². The number of hydrogen-bond donors (Lipinski definition) is 2. The molecule has 3 heteroatoms. The molecule has 108 valence electrons. The Morgan fingerprint density at radius 3 is 2.56 bits per heavy atom. The Morgan fingerprint density at radius 1 is 1.33 bits per heavy atom. The maximum atomic E-state index is 6.01. The van der Waals surface area contributed by atoms with Crippen LogP contribution in [0.5, 0.6) is 0 Å². The average Bonchev–Trinajstić information content (AvgIpc) is 2.40. The highest BCUT2D eigenvalue weighted by Crippen LogP contribution is 2.37. The first kappa shape index (κ1) is 15.9. The first-order valence-corrected chi connectivity index (χ1v) is 7.71. The molecular formula is C15H32N2O.